The van der Waals surface area contributed by atoms with Gasteiger partial charge in [0.05, 0.1) is 31.5 Å². The monoisotopic (exact) mass is 313 g/mol. The van der Waals surface area contributed by atoms with Gasteiger partial charge in [0.1, 0.15) is 0 Å². The summed E-state index contributed by atoms with van der Waals surface area (Å²) in [7, 11) is 0. The average Bonchev–Trinajstić information content (AvgIpc) is 2.37. The zero-order valence-corrected chi connectivity index (χ0v) is 11.8. The third kappa shape index (κ3) is 3.54. The van der Waals surface area contributed by atoms with Crippen molar-refractivity contribution < 1.29 is 14.3 Å². The molecule has 1 N–H and O–H groups in total. The molecule has 18 heavy (non-hydrogen) atoms. The summed E-state index contributed by atoms with van der Waals surface area (Å²) in [6, 6.07) is 5.65. The number of amides is 1. The van der Waals surface area contributed by atoms with Crippen LogP contribution in [0.15, 0.2) is 22.7 Å². The Morgan fingerprint density at radius 1 is 1.50 bits per heavy atom. The number of rotatable bonds is 3. The third-order valence-corrected chi connectivity index (χ3v) is 3.40. The fourth-order valence-corrected chi connectivity index (χ4v) is 2.43. The number of halogens is 1. The van der Waals surface area contributed by atoms with Crippen LogP contribution in [0.2, 0.25) is 0 Å². The fourth-order valence-electron chi connectivity index (χ4n) is 1.76. The number of carbonyl (C=O) groups is 1. The molecule has 1 aliphatic heterocycles. The lowest BCUT2D eigenvalue weighted by Gasteiger charge is -2.23. The molecular weight excluding hydrogens is 298 g/mol. The van der Waals surface area contributed by atoms with Gasteiger partial charge in [0.25, 0.3) is 5.91 Å². The van der Waals surface area contributed by atoms with Crippen molar-refractivity contribution in [2.75, 3.05) is 26.4 Å². The van der Waals surface area contributed by atoms with Crippen LogP contribution in [-0.4, -0.2) is 38.4 Å². The van der Waals surface area contributed by atoms with E-state index in [1.165, 1.54) is 0 Å². The molecule has 1 atom stereocenters. The number of ether oxygens (including phenoxy) is 2. The Hall–Kier alpha value is -0.910. The first-order valence-corrected chi connectivity index (χ1v) is 6.70. The highest BCUT2D eigenvalue weighted by atomic mass is 79.9. The number of benzene rings is 1. The van der Waals surface area contributed by atoms with Crippen molar-refractivity contribution in [3.63, 3.8) is 0 Å². The predicted molar refractivity (Wildman–Crippen MR) is 71.8 cm³/mol. The highest BCUT2D eigenvalue weighted by Crippen LogP contribution is 2.18. The van der Waals surface area contributed by atoms with Crippen molar-refractivity contribution in [1.29, 1.82) is 0 Å². The van der Waals surface area contributed by atoms with Crippen LogP contribution < -0.4 is 5.32 Å². The molecule has 1 aliphatic rings. The summed E-state index contributed by atoms with van der Waals surface area (Å²) in [5, 5.41) is 2.86. The van der Waals surface area contributed by atoms with Gasteiger partial charge >= 0.3 is 0 Å². The second kappa shape index (κ2) is 6.31. The van der Waals surface area contributed by atoms with Crippen LogP contribution in [-0.2, 0) is 9.47 Å². The first-order chi connectivity index (χ1) is 8.66. The van der Waals surface area contributed by atoms with E-state index in [9.17, 15) is 4.79 Å². The molecule has 5 heteroatoms. The van der Waals surface area contributed by atoms with Crippen molar-refractivity contribution >= 4 is 21.8 Å². The minimum absolute atomic E-state index is 0.0491. The van der Waals surface area contributed by atoms with Gasteiger partial charge in [-0.15, -0.1) is 0 Å². The summed E-state index contributed by atoms with van der Waals surface area (Å²) in [4.78, 5) is 12.0. The van der Waals surface area contributed by atoms with Gasteiger partial charge in [-0.25, -0.2) is 0 Å². The van der Waals surface area contributed by atoms with E-state index in [2.05, 4.69) is 21.2 Å². The molecule has 0 aliphatic carbocycles. The van der Waals surface area contributed by atoms with Crippen molar-refractivity contribution in [3.05, 3.63) is 33.8 Å². The third-order valence-electron chi connectivity index (χ3n) is 2.74. The first kappa shape index (κ1) is 13.5. The van der Waals surface area contributed by atoms with E-state index in [1.54, 1.807) is 0 Å². The standard InChI is InChI=1S/C13H16BrNO3/c1-9-2-3-11(12(14)6-9)13(16)15-7-10-8-17-4-5-18-10/h2-3,6,10H,4-5,7-8H2,1H3,(H,15,16). The number of nitrogens with one attached hydrogen (secondary N) is 1. The van der Waals surface area contributed by atoms with Crippen LogP contribution in [0, 0.1) is 6.92 Å². The lowest BCUT2D eigenvalue weighted by Crippen LogP contribution is -2.39. The molecule has 2 rings (SSSR count). The van der Waals surface area contributed by atoms with E-state index in [0.29, 0.717) is 31.9 Å². The maximum Gasteiger partial charge on any atom is 0.252 e. The molecule has 98 valence electrons. The van der Waals surface area contributed by atoms with Crippen molar-refractivity contribution in [2.45, 2.75) is 13.0 Å². The highest BCUT2D eigenvalue weighted by molar-refractivity contribution is 9.10. The number of hydrogen-bond donors (Lipinski definition) is 1. The van der Waals surface area contributed by atoms with Gasteiger partial charge in [0.15, 0.2) is 0 Å². The molecule has 4 nitrogen and oxygen atoms in total. The summed E-state index contributed by atoms with van der Waals surface area (Å²) in [6.45, 7) is 4.22. The first-order valence-electron chi connectivity index (χ1n) is 5.90. The Labute approximate surface area is 115 Å². The quantitative estimate of drug-likeness (QED) is 0.927. The molecule has 1 aromatic rings. The molecule has 0 aromatic heterocycles. The van der Waals surface area contributed by atoms with E-state index in [1.807, 2.05) is 25.1 Å². The molecule has 1 amide bonds. The van der Waals surface area contributed by atoms with Gasteiger partial charge in [-0.2, -0.15) is 0 Å². The number of carbonyl (C=O) groups excluding carboxylic acids is 1. The largest absolute Gasteiger partial charge is 0.376 e. The SMILES string of the molecule is Cc1ccc(C(=O)NCC2COCCO2)c(Br)c1. The van der Waals surface area contributed by atoms with Crippen LogP contribution >= 0.6 is 15.9 Å². The Bertz CT molecular complexity index is 430. The smallest absolute Gasteiger partial charge is 0.252 e. The molecule has 0 spiro atoms. The van der Waals surface area contributed by atoms with Crippen molar-refractivity contribution in [1.82, 2.24) is 5.32 Å². The molecule has 0 radical (unpaired) electrons. The summed E-state index contributed by atoms with van der Waals surface area (Å²) in [6.07, 6.45) is -0.0491. The molecule has 0 bridgehead atoms. The van der Waals surface area contributed by atoms with Crippen LogP contribution in [0.3, 0.4) is 0 Å². The van der Waals surface area contributed by atoms with E-state index in [4.69, 9.17) is 9.47 Å². The van der Waals surface area contributed by atoms with Crippen LogP contribution in [0.1, 0.15) is 15.9 Å². The summed E-state index contributed by atoms with van der Waals surface area (Å²) in [5.74, 6) is -0.101. The van der Waals surface area contributed by atoms with Crippen LogP contribution in [0.5, 0.6) is 0 Å². The van der Waals surface area contributed by atoms with E-state index >= 15 is 0 Å². The fraction of sp³-hybridized carbons (Fsp3) is 0.462. The lowest BCUT2D eigenvalue weighted by molar-refractivity contribution is -0.0855. The topological polar surface area (TPSA) is 47.6 Å². The number of hydrogen-bond acceptors (Lipinski definition) is 3. The molecular formula is C13H16BrNO3. The Kier molecular flexibility index (Phi) is 4.74. The predicted octanol–water partition coefficient (Wildman–Crippen LogP) is 1.90. The molecule has 0 saturated carbocycles. The Morgan fingerprint density at radius 3 is 3.00 bits per heavy atom. The van der Waals surface area contributed by atoms with Crippen LogP contribution in [0.4, 0.5) is 0 Å². The van der Waals surface area contributed by atoms with Gasteiger partial charge in [0, 0.05) is 11.0 Å². The minimum Gasteiger partial charge on any atom is -0.376 e. The van der Waals surface area contributed by atoms with Crippen LogP contribution in [0.25, 0.3) is 0 Å². The summed E-state index contributed by atoms with van der Waals surface area (Å²) >= 11 is 3.40. The van der Waals surface area contributed by atoms with Gasteiger partial charge in [-0.3, -0.25) is 4.79 Å². The normalized spacial score (nSPS) is 19.6. The summed E-state index contributed by atoms with van der Waals surface area (Å²) in [5.41, 5.74) is 1.75. The average molecular weight is 314 g/mol. The van der Waals surface area contributed by atoms with Crippen molar-refractivity contribution in [3.8, 4) is 0 Å². The maximum atomic E-state index is 12.0. The molecule has 1 heterocycles. The zero-order valence-electron chi connectivity index (χ0n) is 10.2. The van der Waals surface area contributed by atoms with E-state index in [0.717, 1.165) is 10.0 Å². The van der Waals surface area contributed by atoms with Gasteiger partial charge in [0.2, 0.25) is 0 Å². The minimum atomic E-state index is -0.101. The highest BCUT2D eigenvalue weighted by Gasteiger charge is 2.16. The van der Waals surface area contributed by atoms with Crippen molar-refractivity contribution in [2.24, 2.45) is 0 Å². The molecule has 1 unspecified atom stereocenters. The summed E-state index contributed by atoms with van der Waals surface area (Å²) < 4.78 is 11.5. The zero-order chi connectivity index (χ0) is 13.0. The van der Waals surface area contributed by atoms with Gasteiger partial charge < -0.3 is 14.8 Å². The van der Waals surface area contributed by atoms with Gasteiger partial charge in [-0.1, -0.05) is 6.07 Å². The van der Waals surface area contributed by atoms with E-state index < -0.39 is 0 Å². The Balaban J connectivity index is 1.90. The number of aryl methyl sites for hydroxylation is 1. The maximum absolute atomic E-state index is 12.0. The Morgan fingerprint density at radius 2 is 2.33 bits per heavy atom. The lowest BCUT2D eigenvalue weighted by atomic mass is 10.1. The second-order valence-corrected chi connectivity index (χ2v) is 5.12. The molecule has 1 saturated heterocycles. The second-order valence-electron chi connectivity index (χ2n) is 4.26. The molecule has 1 aromatic carbocycles. The van der Waals surface area contributed by atoms with Gasteiger partial charge in [-0.05, 0) is 40.5 Å². The molecule has 1 fully saturated rings. The van der Waals surface area contributed by atoms with E-state index in [-0.39, 0.29) is 12.0 Å².